The highest BCUT2D eigenvalue weighted by atomic mass is 79.9. The van der Waals surface area contributed by atoms with Gasteiger partial charge in [-0.05, 0) is 42.5 Å². The van der Waals surface area contributed by atoms with Gasteiger partial charge in [0.25, 0.3) is 20.1 Å². The Hall–Kier alpha value is -3.06. The molecular formula is C20H13BrN2O7S2. The summed E-state index contributed by atoms with van der Waals surface area (Å²) in [6.07, 6.45) is 1.32. The second kappa shape index (κ2) is 8.13. The molecule has 32 heavy (non-hydrogen) atoms. The molecule has 0 spiro atoms. The van der Waals surface area contributed by atoms with Crippen LogP contribution in [0.3, 0.4) is 0 Å². The number of rotatable bonds is 5. The van der Waals surface area contributed by atoms with Gasteiger partial charge in [-0.1, -0.05) is 34.1 Å². The van der Waals surface area contributed by atoms with Crippen molar-refractivity contribution >= 4 is 52.7 Å². The average molecular weight is 537 g/mol. The van der Waals surface area contributed by atoms with Gasteiger partial charge in [-0.2, -0.15) is 8.42 Å². The van der Waals surface area contributed by atoms with E-state index in [1.165, 1.54) is 42.6 Å². The summed E-state index contributed by atoms with van der Waals surface area (Å²) in [5.41, 5.74) is -1.33. The fourth-order valence-corrected chi connectivity index (χ4v) is 5.34. The van der Waals surface area contributed by atoms with Crippen LogP contribution in [-0.4, -0.2) is 26.4 Å². The quantitative estimate of drug-likeness (QED) is 0.290. The number of pyridine rings is 1. The lowest BCUT2D eigenvalue weighted by Crippen LogP contribution is -2.18. The Morgan fingerprint density at radius 2 is 1.72 bits per heavy atom. The first-order valence-corrected chi connectivity index (χ1v) is 12.6. The topological polar surface area (TPSA) is 144 Å². The van der Waals surface area contributed by atoms with E-state index in [-0.39, 0.29) is 27.4 Å². The van der Waals surface area contributed by atoms with Gasteiger partial charge in [0.15, 0.2) is 0 Å². The number of sulfonamides is 1. The van der Waals surface area contributed by atoms with Crippen molar-refractivity contribution < 1.29 is 25.8 Å². The summed E-state index contributed by atoms with van der Waals surface area (Å²) in [6, 6.07) is 14.3. The maximum absolute atomic E-state index is 12.7. The van der Waals surface area contributed by atoms with Crippen LogP contribution in [0.5, 0.6) is 0 Å². The predicted molar refractivity (Wildman–Crippen MR) is 120 cm³/mol. The van der Waals surface area contributed by atoms with E-state index in [4.69, 9.17) is 4.42 Å². The summed E-state index contributed by atoms with van der Waals surface area (Å²) < 4.78 is 66.4. The van der Waals surface area contributed by atoms with Crippen molar-refractivity contribution in [3.63, 3.8) is 0 Å². The van der Waals surface area contributed by atoms with Crippen molar-refractivity contribution in [2.24, 2.45) is 0 Å². The molecule has 0 unspecified atom stereocenters. The molecule has 164 valence electrons. The van der Waals surface area contributed by atoms with Gasteiger partial charge in [-0.3, -0.25) is 14.3 Å². The van der Waals surface area contributed by atoms with Gasteiger partial charge in [0, 0.05) is 21.6 Å². The molecule has 0 aliphatic carbocycles. The lowest BCUT2D eigenvalue weighted by Gasteiger charge is -2.11. The van der Waals surface area contributed by atoms with Crippen LogP contribution in [0.2, 0.25) is 0 Å². The molecule has 0 aliphatic rings. The number of nitrogens with zero attached hydrogens (tertiary/aromatic N) is 1. The van der Waals surface area contributed by atoms with Crippen molar-refractivity contribution in [1.29, 1.82) is 0 Å². The summed E-state index contributed by atoms with van der Waals surface area (Å²) in [4.78, 5) is 16.1. The number of hydrogen-bond acceptors (Lipinski definition) is 7. The Labute approximate surface area is 190 Å². The second-order valence-corrected chi connectivity index (χ2v) is 10.5. The summed E-state index contributed by atoms with van der Waals surface area (Å²) in [5, 5.41) is 0.306. The summed E-state index contributed by atoms with van der Waals surface area (Å²) in [6.45, 7) is 0. The standard InChI is InChI=1S/C20H13BrN2O7S2/c21-13-5-2-6-14(11-13)31(25,26)23-16-10-12-4-1-7-15(19(12)30-20(16)24)18-17(32(27,28)29)8-3-9-22-18/h1-11,23H,(H,27,28,29). The van der Waals surface area contributed by atoms with Gasteiger partial charge < -0.3 is 4.42 Å². The molecule has 0 saturated heterocycles. The zero-order valence-electron chi connectivity index (χ0n) is 15.9. The molecule has 4 rings (SSSR count). The number of para-hydroxylation sites is 1. The summed E-state index contributed by atoms with van der Waals surface area (Å²) >= 11 is 3.20. The Morgan fingerprint density at radius 1 is 0.969 bits per heavy atom. The molecule has 0 radical (unpaired) electrons. The van der Waals surface area contributed by atoms with Crippen LogP contribution >= 0.6 is 15.9 Å². The molecule has 2 aromatic carbocycles. The molecule has 2 N–H and O–H groups in total. The molecule has 0 bridgehead atoms. The maximum Gasteiger partial charge on any atom is 0.360 e. The minimum Gasteiger partial charge on any atom is -0.420 e. The lowest BCUT2D eigenvalue weighted by atomic mass is 10.1. The third kappa shape index (κ3) is 4.30. The molecule has 0 atom stereocenters. The van der Waals surface area contributed by atoms with E-state index in [0.717, 1.165) is 6.07 Å². The number of halogens is 1. The highest BCUT2D eigenvalue weighted by Crippen LogP contribution is 2.32. The molecule has 0 aliphatic heterocycles. The number of aromatic nitrogens is 1. The Balaban J connectivity index is 1.85. The van der Waals surface area contributed by atoms with E-state index < -0.39 is 30.7 Å². The van der Waals surface area contributed by atoms with E-state index in [2.05, 4.69) is 25.6 Å². The maximum atomic E-state index is 12.7. The Morgan fingerprint density at radius 3 is 2.44 bits per heavy atom. The van der Waals surface area contributed by atoms with Crippen molar-refractivity contribution in [3.05, 3.63) is 81.8 Å². The van der Waals surface area contributed by atoms with Crippen LogP contribution in [-0.2, 0) is 20.1 Å². The number of benzene rings is 2. The number of nitrogens with one attached hydrogen (secondary N) is 1. The molecule has 0 amide bonds. The van der Waals surface area contributed by atoms with E-state index in [1.54, 1.807) is 18.2 Å². The zero-order valence-corrected chi connectivity index (χ0v) is 19.1. The summed E-state index contributed by atoms with van der Waals surface area (Å²) in [7, 11) is -8.68. The highest BCUT2D eigenvalue weighted by molar-refractivity contribution is 9.10. The second-order valence-electron chi connectivity index (χ2n) is 6.56. The van der Waals surface area contributed by atoms with Crippen LogP contribution in [0.4, 0.5) is 5.69 Å². The molecule has 0 saturated carbocycles. The van der Waals surface area contributed by atoms with Gasteiger partial charge in [0.2, 0.25) is 0 Å². The third-order valence-corrected chi connectivity index (χ3v) is 7.16. The van der Waals surface area contributed by atoms with Crippen molar-refractivity contribution in [2.45, 2.75) is 9.79 Å². The monoisotopic (exact) mass is 536 g/mol. The number of fused-ring (bicyclic) bond motifs is 1. The first-order valence-electron chi connectivity index (χ1n) is 8.84. The number of hydrogen-bond donors (Lipinski definition) is 2. The van der Waals surface area contributed by atoms with Crippen LogP contribution in [0.1, 0.15) is 0 Å². The van der Waals surface area contributed by atoms with Crippen LogP contribution < -0.4 is 10.3 Å². The van der Waals surface area contributed by atoms with Gasteiger partial charge in [-0.15, -0.1) is 0 Å². The van der Waals surface area contributed by atoms with E-state index in [9.17, 15) is 26.2 Å². The molecule has 2 aromatic heterocycles. The largest absolute Gasteiger partial charge is 0.420 e. The molecule has 2 heterocycles. The van der Waals surface area contributed by atoms with Gasteiger partial charge >= 0.3 is 5.63 Å². The highest BCUT2D eigenvalue weighted by Gasteiger charge is 2.22. The van der Waals surface area contributed by atoms with Crippen molar-refractivity contribution in [1.82, 2.24) is 4.98 Å². The molecule has 12 heteroatoms. The van der Waals surface area contributed by atoms with Gasteiger partial charge in [0.05, 0.1) is 10.6 Å². The Bertz CT molecular complexity index is 1630. The minimum atomic E-state index is -4.60. The Kier molecular flexibility index (Phi) is 5.63. The van der Waals surface area contributed by atoms with Gasteiger partial charge in [0.1, 0.15) is 16.2 Å². The van der Waals surface area contributed by atoms with Crippen molar-refractivity contribution in [3.8, 4) is 11.3 Å². The smallest absolute Gasteiger partial charge is 0.360 e. The molecule has 9 nitrogen and oxygen atoms in total. The summed E-state index contributed by atoms with van der Waals surface area (Å²) in [5.74, 6) is 0. The van der Waals surface area contributed by atoms with Crippen LogP contribution in [0, 0.1) is 0 Å². The third-order valence-electron chi connectivity index (χ3n) is 4.41. The number of anilines is 1. The predicted octanol–water partition coefficient (Wildman–Crippen LogP) is 3.67. The molecule has 0 fully saturated rings. The first kappa shape index (κ1) is 22.1. The van der Waals surface area contributed by atoms with E-state index in [0.29, 0.717) is 9.86 Å². The normalized spacial score (nSPS) is 12.1. The van der Waals surface area contributed by atoms with Crippen molar-refractivity contribution in [2.75, 3.05) is 4.72 Å². The first-order chi connectivity index (χ1) is 15.1. The van der Waals surface area contributed by atoms with E-state index in [1.807, 2.05) is 0 Å². The van der Waals surface area contributed by atoms with E-state index >= 15 is 0 Å². The SMILES string of the molecule is O=c1oc2c(-c3ncccc3S(=O)(=O)O)cccc2cc1NS(=O)(=O)c1cccc(Br)c1. The average Bonchev–Trinajstić information content (AvgIpc) is 2.73. The van der Waals surface area contributed by atoms with Crippen LogP contribution in [0.25, 0.3) is 22.2 Å². The zero-order chi connectivity index (χ0) is 23.1. The fraction of sp³-hybridized carbons (Fsp3) is 0. The molecule has 4 aromatic rings. The van der Waals surface area contributed by atoms with Gasteiger partial charge in [-0.25, -0.2) is 13.2 Å². The molecular weight excluding hydrogens is 524 g/mol. The lowest BCUT2D eigenvalue weighted by molar-refractivity contribution is 0.483. The fourth-order valence-electron chi connectivity index (χ4n) is 3.04. The van der Waals surface area contributed by atoms with Crippen LogP contribution in [0.15, 0.2) is 90.3 Å². The minimum absolute atomic E-state index is 0.0218.